The van der Waals surface area contributed by atoms with Crippen LogP contribution in [0.1, 0.15) is 16.9 Å². The number of hydrogen-bond donors (Lipinski definition) is 0. The Morgan fingerprint density at radius 2 is 2.50 bits per heavy atom. The van der Waals surface area contributed by atoms with Gasteiger partial charge in [-0.2, -0.15) is 11.8 Å². The van der Waals surface area contributed by atoms with Crippen molar-refractivity contribution in [3.05, 3.63) is 24.0 Å². The zero-order valence-electron chi connectivity index (χ0n) is 9.85. The molecule has 2 rings (SSSR count). The van der Waals surface area contributed by atoms with E-state index in [2.05, 4.69) is 11.9 Å². The van der Waals surface area contributed by atoms with Crippen molar-refractivity contribution >= 4 is 17.5 Å². The number of nitrogens with zero attached hydrogens (tertiary/aromatic N) is 2. The van der Waals surface area contributed by atoms with Crippen LogP contribution >= 0.6 is 11.8 Å². The molecular weight excluding hydrogens is 220 g/mol. The second-order valence-corrected chi connectivity index (χ2v) is 5.51. The van der Waals surface area contributed by atoms with E-state index in [0.717, 1.165) is 11.4 Å². The quantitative estimate of drug-likeness (QED) is 0.746. The third-order valence-corrected chi connectivity index (χ3v) is 4.30. The molecule has 88 valence electrons. The summed E-state index contributed by atoms with van der Waals surface area (Å²) in [7, 11) is 3.97. The molecule has 1 aromatic heterocycles. The van der Waals surface area contributed by atoms with Crippen LogP contribution in [-0.4, -0.2) is 46.4 Å². The summed E-state index contributed by atoms with van der Waals surface area (Å²) >= 11 is 1.98. The van der Waals surface area contributed by atoms with Gasteiger partial charge >= 0.3 is 0 Å². The lowest BCUT2D eigenvalue weighted by atomic mass is 10.2. The van der Waals surface area contributed by atoms with Crippen LogP contribution < -0.4 is 0 Å². The monoisotopic (exact) mass is 238 g/mol. The van der Waals surface area contributed by atoms with Gasteiger partial charge in [-0.25, -0.2) is 0 Å². The molecular formula is C12H18N2OS. The van der Waals surface area contributed by atoms with Crippen molar-refractivity contribution in [1.82, 2.24) is 9.47 Å². The minimum atomic E-state index is 0.215. The lowest BCUT2D eigenvalue weighted by Crippen LogP contribution is -2.36. The molecule has 4 heteroatoms. The fourth-order valence-corrected chi connectivity index (χ4v) is 3.36. The van der Waals surface area contributed by atoms with Crippen LogP contribution in [0.2, 0.25) is 0 Å². The van der Waals surface area contributed by atoms with Crippen molar-refractivity contribution < 1.29 is 4.79 Å². The molecule has 16 heavy (non-hydrogen) atoms. The van der Waals surface area contributed by atoms with Gasteiger partial charge in [-0.15, -0.1) is 0 Å². The number of carbonyl (C=O) groups excluding carboxylic acids is 1. The first-order valence-electron chi connectivity index (χ1n) is 5.61. The molecule has 0 N–H and O–H groups in total. The SMILES string of the molecule is CN(CC(=O)c1cccn1C)C1CCSC1. The molecule has 1 aliphatic rings. The third kappa shape index (κ3) is 2.50. The molecule has 1 unspecified atom stereocenters. The summed E-state index contributed by atoms with van der Waals surface area (Å²) in [6, 6.07) is 4.38. The standard InChI is InChI=1S/C12H18N2OS/c1-13-6-3-4-11(13)12(15)8-14(2)10-5-7-16-9-10/h3-4,6,10H,5,7-9H2,1-2H3. The van der Waals surface area contributed by atoms with Gasteiger partial charge in [-0.05, 0) is 31.4 Å². The van der Waals surface area contributed by atoms with E-state index in [1.807, 2.05) is 41.7 Å². The normalized spacial score (nSPS) is 20.6. The molecule has 0 spiro atoms. The van der Waals surface area contributed by atoms with E-state index in [9.17, 15) is 4.79 Å². The van der Waals surface area contributed by atoms with Gasteiger partial charge in [-0.3, -0.25) is 9.69 Å². The van der Waals surface area contributed by atoms with Crippen molar-refractivity contribution in [2.45, 2.75) is 12.5 Å². The van der Waals surface area contributed by atoms with Crippen LogP contribution in [0.25, 0.3) is 0 Å². The largest absolute Gasteiger partial charge is 0.348 e. The lowest BCUT2D eigenvalue weighted by molar-refractivity contribution is 0.0919. The highest BCUT2D eigenvalue weighted by Crippen LogP contribution is 2.21. The lowest BCUT2D eigenvalue weighted by Gasteiger charge is -2.22. The van der Waals surface area contributed by atoms with Crippen LogP contribution in [-0.2, 0) is 7.05 Å². The van der Waals surface area contributed by atoms with Gasteiger partial charge in [0.2, 0.25) is 0 Å². The number of likely N-dealkylation sites (N-methyl/N-ethyl adjacent to an activating group) is 1. The number of aryl methyl sites for hydroxylation is 1. The second kappa shape index (κ2) is 5.06. The summed E-state index contributed by atoms with van der Waals surface area (Å²) in [6.45, 7) is 0.531. The van der Waals surface area contributed by atoms with Crippen LogP contribution in [0.3, 0.4) is 0 Å². The van der Waals surface area contributed by atoms with Gasteiger partial charge in [0.1, 0.15) is 0 Å². The first-order chi connectivity index (χ1) is 7.68. The first-order valence-corrected chi connectivity index (χ1v) is 6.76. The smallest absolute Gasteiger partial charge is 0.193 e. The molecule has 1 aliphatic heterocycles. The topological polar surface area (TPSA) is 25.2 Å². The number of rotatable bonds is 4. The van der Waals surface area contributed by atoms with E-state index < -0.39 is 0 Å². The van der Waals surface area contributed by atoms with Crippen molar-refractivity contribution in [3.8, 4) is 0 Å². The molecule has 0 radical (unpaired) electrons. The molecule has 1 aromatic rings. The highest BCUT2D eigenvalue weighted by Gasteiger charge is 2.22. The number of aromatic nitrogens is 1. The minimum Gasteiger partial charge on any atom is -0.348 e. The molecule has 0 saturated carbocycles. The van der Waals surface area contributed by atoms with Gasteiger partial charge in [-0.1, -0.05) is 0 Å². The molecule has 3 nitrogen and oxygen atoms in total. The average Bonchev–Trinajstić information content (AvgIpc) is 2.86. The summed E-state index contributed by atoms with van der Waals surface area (Å²) in [5.41, 5.74) is 0.803. The molecule has 0 bridgehead atoms. The zero-order chi connectivity index (χ0) is 11.5. The van der Waals surface area contributed by atoms with E-state index in [0.29, 0.717) is 12.6 Å². The Labute approximate surface area is 101 Å². The van der Waals surface area contributed by atoms with Gasteiger partial charge < -0.3 is 4.57 Å². The summed E-state index contributed by atoms with van der Waals surface area (Å²) < 4.78 is 1.89. The Hall–Kier alpha value is -0.740. The molecule has 0 aliphatic carbocycles. The van der Waals surface area contributed by atoms with Crippen LogP contribution in [0.15, 0.2) is 18.3 Å². The Kier molecular flexibility index (Phi) is 3.71. The Balaban J connectivity index is 1.94. The summed E-state index contributed by atoms with van der Waals surface area (Å²) in [5.74, 6) is 2.61. The molecule has 2 heterocycles. The second-order valence-electron chi connectivity index (χ2n) is 4.36. The Bertz CT molecular complexity index is 369. The van der Waals surface area contributed by atoms with E-state index in [1.165, 1.54) is 12.2 Å². The minimum absolute atomic E-state index is 0.215. The Morgan fingerprint density at radius 1 is 1.69 bits per heavy atom. The number of thioether (sulfide) groups is 1. The molecule has 0 amide bonds. The maximum absolute atomic E-state index is 12.0. The fraction of sp³-hybridized carbons (Fsp3) is 0.583. The van der Waals surface area contributed by atoms with Crippen molar-refractivity contribution in [2.75, 3.05) is 25.1 Å². The average molecular weight is 238 g/mol. The summed E-state index contributed by atoms with van der Waals surface area (Å²) in [6.07, 6.45) is 3.13. The molecule has 0 aromatic carbocycles. The molecule has 1 saturated heterocycles. The fourth-order valence-electron chi connectivity index (χ4n) is 2.06. The Morgan fingerprint density at radius 3 is 3.06 bits per heavy atom. The number of ketones is 1. The van der Waals surface area contributed by atoms with E-state index in [1.54, 1.807) is 0 Å². The molecule has 1 atom stereocenters. The van der Waals surface area contributed by atoms with Crippen molar-refractivity contribution in [2.24, 2.45) is 7.05 Å². The highest BCUT2D eigenvalue weighted by molar-refractivity contribution is 7.99. The number of hydrogen-bond acceptors (Lipinski definition) is 3. The van der Waals surface area contributed by atoms with Gasteiger partial charge in [0.15, 0.2) is 5.78 Å². The summed E-state index contributed by atoms with van der Waals surface area (Å²) in [5, 5.41) is 0. The predicted molar refractivity (Wildman–Crippen MR) is 68.1 cm³/mol. The maximum atomic E-state index is 12.0. The third-order valence-electron chi connectivity index (χ3n) is 3.15. The van der Waals surface area contributed by atoms with E-state index >= 15 is 0 Å². The van der Waals surface area contributed by atoms with Crippen LogP contribution in [0, 0.1) is 0 Å². The van der Waals surface area contributed by atoms with Gasteiger partial charge in [0.05, 0.1) is 12.2 Å². The highest BCUT2D eigenvalue weighted by atomic mass is 32.2. The van der Waals surface area contributed by atoms with Gasteiger partial charge in [0.25, 0.3) is 0 Å². The first kappa shape index (κ1) is 11.7. The van der Waals surface area contributed by atoms with Crippen molar-refractivity contribution in [3.63, 3.8) is 0 Å². The zero-order valence-corrected chi connectivity index (χ0v) is 10.7. The molecule has 1 fully saturated rings. The van der Waals surface area contributed by atoms with Crippen LogP contribution in [0.5, 0.6) is 0 Å². The summed E-state index contributed by atoms with van der Waals surface area (Å²) in [4.78, 5) is 14.2. The number of carbonyl (C=O) groups is 1. The van der Waals surface area contributed by atoms with Crippen molar-refractivity contribution in [1.29, 1.82) is 0 Å². The maximum Gasteiger partial charge on any atom is 0.193 e. The van der Waals surface area contributed by atoms with Crippen LogP contribution in [0.4, 0.5) is 0 Å². The van der Waals surface area contributed by atoms with Gasteiger partial charge in [0, 0.05) is 25.0 Å². The van der Waals surface area contributed by atoms with E-state index in [4.69, 9.17) is 0 Å². The van der Waals surface area contributed by atoms with E-state index in [-0.39, 0.29) is 5.78 Å². The predicted octanol–water partition coefficient (Wildman–Crippen LogP) is 1.65. The number of Topliss-reactive ketones (excluding diaryl/α,β-unsaturated/α-hetero) is 1.